The Bertz CT molecular complexity index is 707. The van der Waals surface area contributed by atoms with Crippen molar-refractivity contribution in [3.63, 3.8) is 0 Å². The van der Waals surface area contributed by atoms with Gasteiger partial charge in [-0.3, -0.25) is 4.79 Å². The number of ether oxygens (including phenoxy) is 1. The second-order valence-corrected chi connectivity index (χ2v) is 5.82. The molecule has 0 bridgehead atoms. The third-order valence-corrected chi connectivity index (χ3v) is 4.17. The van der Waals surface area contributed by atoms with Crippen molar-refractivity contribution in [2.24, 2.45) is 0 Å². The lowest BCUT2D eigenvalue weighted by Gasteiger charge is -2.37. The van der Waals surface area contributed by atoms with Crippen LogP contribution in [0.2, 0.25) is 5.15 Å². The third-order valence-electron chi connectivity index (χ3n) is 3.88. The Kier molecular flexibility index (Phi) is 4.29. The topological polar surface area (TPSA) is 62.7 Å². The molecule has 1 aliphatic rings. The highest BCUT2D eigenvalue weighted by molar-refractivity contribution is 6.34. The van der Waals surface area contributed by atoms with Crippen molar-refractivity contribution in [3.05, 3.63) is 41.2 Å². The van der Waals surface area contributed by atoms with E-state index in [2.05, 4.69) is 4.98 Å². The van der Waals surface area contributed by atoms with Crippen LogP contribution < -0.4 is 0 Å². The zero-order chi connectivity index (χ0) is 15.7. The van der Waals surface area contributed by atoms with E-state index in [1.807, 2.05) is 31.2 Å². The van der Waals surface area contributed by atoms with Crippen LogP contribution in [0.5, 0.6) is 0 Å². The van der Waals surface area contributed by atoms with Crippen molar-refractivity contribution in [2.45, 2.75) is 19.1 Å². The lowest BCUT2D eigenvalue weighted by molar-refractivity contribution is -0.0668. The first-order valence-electron chi connectivity index (χ1n) is 7.19. The van der Waals surface area contributed by atoms with Gasteiger partial charge < -0.3 is 14.7 Å². The van der Waals surface area contributed by atoms with E-state index in [1.165, 1.54) is 0 Å². The van der Waals surface area contributed by atoms with Gasteiger partial charge in [0.25, 0.3) is 5.91 Å². The molecule has 2 aromatic rings. The highest BCUT2D eigenvalue weighted by Crippen LogP contribution is 2.24. The number of hydrogen-bond donors (Lipinski definition) is 1. The molecular formula is C16H17ClN2O3. The van der Waals surface area contributed by atoms with Gasteiger partial charge in [-0.2, -0.15) is 0 Å². The minimum Gasteiger partial charge on any atom is -0.394 e. The SMILES string of the molecule is CC1COC(CO)CN1C(=O)c1cc2ccccc2c(Cl)n1. The number of morpholine rings is 1. The number of aromatic nitrogens is 1. The number of nitrogens with zero attached hydrogens (tertiary/aromatic N) is 2. The second-order valence-electron chi connectivity index (χ2n) is 5.46. The van der Waals surface area contributed by atoms with E-state index in [0.29, 0.717) is 24.0 Å². The maximum atomic E-state index is 12.7. The van der Waals surface area contributed by atoms with Gasteiger partial charge >= 0.3 is 0 Å². The molecule has 0 spiro atoms. The number of amides is 1. The van der Waals surface area contributed by atoms with Crippen molar-refractivity contribution in [1.29, 1.82) is 0 Å². The summed E-state index contributed by atoms with van der Waals surface area (Å²) in [6, 6.07) is 9.23. The van der Waals surface area contributed by atoms with Gasteiger partial charge in [0, 0.05) is 11.9 Å². The third kappa shape index (κ3) is 2.79. The molecule has 2 heterocycles. The first kappa shape index (κ1) is 15.2. The summed E-state index contributed by atoms with van der Waals surface area (Å²) in [6.45, 7) is 2.55. The monoisotopic (exact) mass is 320 g/mol. The van der Waals surface area contributed by atoms with Crippen LogP contribution in [0.15, 0.2) is 30.3 Å². The largest absolute Gasteiger partial charge is 0.394 e. The maximum absolute atomic E-state index is 12.7. The second kappa shape index (κ2) is 6.20. The molecule has 2 atom stereocenters. The number of hydrogen-bond acceptors (Lipinski definition) is 4. The van der Waals surface area contributed by atoms with Crippen molar-refractivity contribution in [2.75, 3.05) is 19.8 Å². The average Bonchev–Trinajstić information content (AvgIpc) is 2.54. The van der Waals surface area contributed by atoms with Crippen LogP contribution in [-0.2, 0) is 4.74 Å². The molecule has 22 heavy (non-hydrogen) atoms. The number of rotatable bonds is 2. The summed E-state index contributed by atoms with van der Waals surface area (Å²) in [7, 11) is 0. The molecule has 1 saturated heterocycles. The number of carbonyl (C=O) groups excluding carboxylic acids is 1. The molecule has 3 rings (SSSR count). The van der Waals surface area contributed by atoms with Gasteiger partial charge in [0.2, 0.25) is 0 Å². The molecule has 0 saturated carbocycles. The van der Waals surface area contributed by atoms with Gasteiger partial charge in [-0.05, 0) is 18.4 Å². The predicted octanol–water partition coefficient (Wildman–Crippen LogP) is 2.11. The first-order valence-corrected chi connectivity index (χ1v) is 7.56. The van der Waals surface area contributed by atoms with Gasteiger partial charge in [0.15, 0.2) is 0 Å². The van der Waals surface area contributed by atoms with Crippen molar-refractivity contribution < 1.29 is 14.6 Å². The van der Waals surface area contributed by atoms with Gasteiger partial charge in [-0.15, -0.1) is 0 Å². The van der Waals surface area contributed by atoms with Crippen LogP contribution in [0.25, 0.3) is 10.8 Å². The summed E-state index contributed by atoms with van der Waals surface area (Å²) >= 11 is 6.19. The van der Waals surface area contributed by atoms with E-state index in [0.717, 1.165) is 10.8 Å². The van der Waals surface area contributed by atoms with Gasteiger partial charge in [0.05, 0.1) is 25.4 Å². The molecule has 1 fully saturated rings. The van der Waals surface area contributed by atoms with E-state index in [-0.39, 0.29) is 24.7 Å². The van der Waals surface area contributed by atoms with Crippen molar-refractivity contribution >= 4 is 28.3 Å². The summed E-state index contributed by atoms with van der Waals surface area (Å²) in [4.78, 5) is 18.6. The highest BCUT2D eigenvalue weighted by Gasteiger charge is 2.30. The summed E-state index contributed by atoms with van der Waals surface area (Å²) < 4.78 is 5.46. The Morgan fingerprint density at radius 3 is 3.05 bits per heavy atom. The van der Waals surface area contributed by atoms with Gasteiger partial charge in [-0.1, -0.05) is 35.9 Å². The fourth-order valence-electron chi connectivity index (χ4n) is 2.62. The molecule has 1 aliphatic heterocycles. The molecule has 5 nitrogen and oxygen atoms in total. The van der Waals surface area contributed by atoms with Crippen LogP contribution in [0.4, 0.5) is 0 Å². The van der Waals surface area contributed by atoms with Crippen molar-refractivity contribution in [3.8, 4) is 0 Å². The van der Waals surface area contributed by atoms with E-state index in [9.17, 15) is 9.90 Å². The number of halogens is 1. The molecule has 1 N–H and O–H groups in total. The van der Waals surface area contributed by atoms with Crippen molar-refractivity contribution in [1.82, 2.24) is 9.88 Å². The molecule has 1 aromatic heterocycles. The molecule has 1 amide bonds. The normalized spacial score (nSPS) is 22.0. The Balaban J connectivity index is 1.94. The summed E-state index contributed by atoms with van der Waals surface area (Å²) in [5.74, 6) is -0.193. The predicted molar refractivity (Wildman–Crippen MR) is 84.1 cm³/mol. The lowest BCUT2D eigenvalue weighted by atomic mass is 10.1. The number of carbonyl (C=O) groups is 1. The Hall–Kier alpha value is -1.69. The quantitative estimate of drug-likeness (QED) is 0.861. The van der Waals surface area contributed by atoms with Crippen LogP contribution in [-0.4, -0.2) is 52.8 Å². The van der Waals surface area contributed by atoms with Crippen LogP contribution in [0, 0.1) is 0 Å². The molecule has 1 aromatic carbocycles. The summed E-state index contributed by atoms with van der Waals surface area (Å²) in [5.41, 5.74) is 0.314. The zero-order valence-corrected chi connectivity index (χ0v) is 13.0. The molecule has 0 radical (unpaired) electrons. The summed E-state index contributed by atoms with van der Waals surface area (Å²) in [5, 5.41) is 11.3. The summed E-state index contributed by atoms with van der Waals surface area (Å²) in [6.07, 6.45) is -0.351. The minimum atomic E-state index is -0.351. The van der Waals surface area contributed by atoms with E-state index in [4.69, 9.17) is 16.3 Å². The number of aliphatic hydroxyl groups excluding tert-OH is 1. The van der Waals surface area contributed by atoms with Crippen LogP contribution >= 0.6 is 11.6 Å². The Morgan fingerprint density at radius 2 is 2.27 bits per heavy atom. The maximum Gasteiger partial charge on any atom is 0.272 e. The molecule has 2 unspecified atom stereocenters. The Labute approximate surface area is 133 Å². The van der Waals surface area contributed by atoms with E-state index in [1.54, 1.807) is 11.0 Å². The minimum absolute atomic E-state index is 0.0673. The van der Waals surface area contributed by atoms with E-state index < -0.39 is 0 Å². The average molecular weight is 321 g/mol. The number of aliphatic hydroxyl groups is 1. The first-order chi connectivity index (χ1) is 10.6. The molecule has 6 heteroatoms. The van der Waals surface area contributed by atoms with Crippen LogP contribution in [0.3, 0.4) is 0 Å². The van der Waals surface area contributed by atoms with E-state index >= 15 is 0 Å². The zero-order valence-electron chi connectivity index (χ0n) is 12.2. The Morgan fingerprint density at radius 1 is 1.50 bits per heavy atom. The van der Waals surface area contributed by atoms with Gasteiger partial charge in [0.1, 0.15) is 10.8 Å². The number of fused-ring (bicyclic) bond motifs is 1. The standard InChI is InChI=1S/C16H17ClN2O3/c1-10-9-22-12(8-20)7-19(10)16(21)14-6-11-4-2-3-5-13(11)15(17)18-14/h2-6,10,12,20H,7-9H2,1H3. The van der Waals surface area contributed by atoms with Crippen LogP contribution in [0.1, 0.15) is 17.4 Å². The molecule has 0 aliphatic carbocycles. The number of benzene rings is 1. The lowest BCUT2D eigenvalue weighted by Crippen LogP contribution is -2.52. The van der Waals surface area contributed by atoms with Gasteiger partial charge in [-0.25, -0.2) is 4.98 Å². The fourth-order valence-corrected chi connectivity index (χ4v) is 2.89. The smallest absolute Gasteiger partial charge is 0.272 e. The molecular weight excluding hydrogens is 304 g/mol. The fraction of sp³-hybridized carbons (Fsp3) is 0.375. The molecule has 116 valence electrons. The number of pyridine rings is 1. The highest BCUT2D eigenvalue weighted by atomic mass is 35.5.